The first kappa shape index (κ1) is 33.1. The van der Waals surface area contributed by atoms with E-state index in [0.717, 1.165) is 35.1 Å². The zero-order valence-corrected chi connectivity index (χ0v) is 27.0. The molecule has 12 nitrogen and oxygen atoms in total. The predicted molar refractivity (Wildman–Crippen MR) is 180 cm³/mol. The van der Waals surface area contributed by atoms with Gasteiger partial charge in [0.1, 0.15) is 11.6 Å². The van der Waals surface area contributed by atoms with E-state index in [2.05, 4.69) is 36.6 Å². The fourth-order valence-corrected chi connectivity index (χ4v) is 5.70. The lowest BCUT2D eigenvalue weighted by Gasteiger charge is -2.29. The minimum atomic E-state index is -0.807. The summed E-state index contributed by atoms with van der Waals surface area (Å²) in [5, 5.41) is 22.8. The second-order valence-corrected chi connectivity index (χ2v) is 13.0. The van der Waals surface area contributed by atoms with E-state index >= 15 is 0 Å². The third kappa shape index (κ3) is 9.38. The predicted octanol–water partition coefficient (Wildman–Crippen LogP) is 5.11. The number of anilines is 2. The summed E-state index contributed by atoms with van der Waals surface area (Å²) in [5.74, 6) is 0.0187. The smallest absolute Gasteiger partial charge is 0.407 e. The molecule has 3 aromatic carbocycles. The number of aromatic amines is 1. The van der Waals surface area contributed by atoms with Crippen molar-refractivity contribution < 1.29 is 19.1 Å². The molecular weight excluding hydrogens is 596 g/mol. The molecule has 0 radical (unpaired) electrons. The molecule has 47 heavy (non-hydrogen) atoms. The third-order valence-corrected chi connectivity index (χ3v) is 8.21. The van der Waals surface area contributed by atoms with E-state index in [1.807, 2.05) is 69.3 Å². The van der Waals surface area contributed by atoms with E-state index < -0.39 is 17.7 Å². The van der Waals surface area contributed by atoms with Crippen molar-refractivity contribution in [3.8, 4) is 22.5 Å². The van der Waals surface area contributed by atoms with Crippen molar-refractivity contribution in [2.75, 3.05) is 17.6 Å². The van der Waals surface area contributed by atoms with Gasteiger partial charge in [-0.3, -0.25) is 9.59 Å². The number of tetrazole rings is 1. The standard InChI is InChI=1S/C35H42N8O4/c1-35(2,3)47-34(46)37-21-23-10-14-26(15-11-23)32(44)39-30(20-22-8-12-24(13-9-22)28-6-4-5-7-29(28)36)33(45)38-27-18-16-25(17-19-27)31-40-42-43-41-31/h4-9,12-13,16-19,23,26,30H,10-11,14-15,20-21,36H2,1-3H3,(H,37,46)(H,38,45)(H,39,44)(H,40,41,42,43)/t23?,26?,30-/m0/s1. The monoisotopic (exact) mass is 638 g/mol. The normalized spacial score (nSPS) is 16.9. The number of rotatable bonds is 10. The molecule has 0 unspecified atom stereocenters. The van der Waals surface area contributed by atoms with Gasteiger partial charge in [0.2, 0.25) is 17.6 Å². The molecule has 0 spiro atoms. The topological polar surface area (TPSA) is 177 Å². The molecule has 0 aliphatic heterocycles. The first-order valence-corrected chi connectivity index (χ1v) is 15.9. The Morgan fingerprint density at radius 2 is 1.62 bits per heavy atom. The number of nitrogens with two attached hydrogens (primary N) is 1. The SMILES string of the molecule is CC(C)(C)OC(=O)NCC1CCC(C(=O)N[C@@H](Cc2ccc(-c3ccccc3N)cc2)C(=O)Nc2ccc(-c3nn[nH]n3)cc2)CC1. The van der Waals surface area contributed by atoms with Crippen LogP contribution < -0.4 is 21.7 Å². The molecule has 1 atom stereocenters. The van der Waals surface area contributed by atoms with E-state index in [0.29, 0.717) is 43.0 Å². The molecule has 3 amide bonds. The number of aromatic nitrogens is 4. The summed E-state index contributed by atoms with van der Waals surface area (Å²) in [6.07, 6.45) is 2.80. The fraction of sp³-hybridized carbons (Fsp3) is 0.371. The largest absolute Gasteiger partial charge is 0.444 e. The molecule has 1 aromatic heterocycles. The first-order valence-electron chi connectivity index (χ1n) is 15.9. The minimum Gasteiger partial charge on any atom is -0.444 e. The number of amides is 3. The Morgan fingerprint density at radius 1 is 0.936 bits per heavy atom. The number of carbonyl (C=O) groups is 3. The van der Waals surface area contributed by atoms with Crippen molar-refractivity contribution in [3.05, 3.63) is 78.4 Å². The van der Waals surface area contributed by atoms with Gasteiger partial charge < -0.3 is 26.4 Å². The Labute approximate surface area is 274 Å². The molecule has 0 saturated heterocycles. The van der Waals surface area contributed by atoms with Crippen molar-refractivity contribution in [1.29, 1.82) is 0 Å². The number of H-pyrrole nitrogens is 1. The second kappa shape index (κ2) is 14.9. The molecule has 12 heteroatoms. The van der Waals surface area contributed by atoms with Crippen LogP contribution in [-0.4, -0.2) is 56.7 Å². The second-order valence-electron chi connectivity index (χ2n) is 13.0. The minimum absolute atomic E-state index is 0.148. The van der Waals surface area contributed by atoms with Crippen molar-refractivity contribution in [1.82, 2.24) is 31.3 Å². The highest BCUT2D eigenvalue weighted by atomic mass is 16.6. The van der Waals surface area contributed by atoms with Crippen LogP contribution in [0.1, 0.15) is 52.0 Å². The number of hydrogen-bond acceptors (Lipinski definition) is 8. The average molecular weight is 639 g/mol. The average Bonchev–Trinajstić information content (AvgIpc) is 3.59. The van der Waals surface area contributed by atoms with Crippen molar-refractivity contribution in [3.63, 3.8) is 0 Å². The van der Waals surface area contributed by atoms with Crippen molar-refractivity contribution >= 4 is 29.3 Å². The van der Waals surface area contributed by atoms with Gasteiger partial charge in [0, 0.05) is 41.4 Å². The summed E-state index contributed by atoms with van der Waals surface area (Å²) in [6.45, 7) is 5.99. The van der Waals surface area contributed by atoms with Gasteiger partial charge in [-0.1, -0.05) is 42.5 Å². The molecule has 5 rings (SSSR count). The van der Waals surface area contributed by atoms with Gasteiger partial charge in [-0.25, -0.2) is 4.79 Å². The Kier molecular flexibility index (Phi) is 10.5. The van der Waals surface area contributed by atoms with Crippen LogP contribution in [0.3, 0.4) is 0 Å². The fourth-order valence-electron chi connectivity index (χ4n) is 5.70. The summed E-state index contributed by atoms with van der Waals surface area (Å²) >= 11 is 0. The van der Waals surface area contributed by atoms with Crippen LogP contribution in [-0.2, 0) is 20.7 Å². The Hall–Kier alpha value is -5.26. The van der Waals surface area contributed by atoms with E-state index in [1.165, 1.54) is 0 Å². The highest BCUT2D eigenvalue weighted by Crippen LogP contribution is 2.29. The first-order chi connectivity index (χ1) is 22.5. The number of nitrogen functional groups attached to an aromatic ring is 1. The maximum atomic E-state index is 13.6. The number of carbonyl (C=O) groups excluding carboxylic acids is 3. The molecule has 0 bridgehead atoms. The molecule has 1 fully saturated rings. The molecule has 1 aliphatic carbocycles. The maximum Gasteiger partial charge on any atom is 0.407 e. The highest BCUT2D eigenvalue weighted by molar-refractivity contribution is 5.97. The number of alkyl carbamates (subject to hydrolysis) is 1. The van der Waals surface area contributed by atoms with Gasteiger partial charge in [-0.2, -0.15) is 5.21 Å². The van der Waals surface area contributed by atoms with Gasteiger partial charge in [-0.15, -0.1) is 10.2 Å². The van der Waals surface area contributed by atoms with Gasteiger partial charge in [0.25, 0.3) is 0 Å². The molecule has 1 saturated carbocycles. The maximum absolute atomic E-state index is 13.6. The third-order valence-electron chi connectivity index (χ3n) is 8.21. The van der Waals surface area contributed by atoms with Gasteiger partial charge >= 0.3 is 6.09 Å². The molecule has 4 aromatic rings. The van der Waals surface area contributed by atoms with Crippen LogP contribution in [0.4, 0.5) is 16.2 Å². The van der Waals surface area contributed by atoms with Crippen LogP contribution in [0.25, 0.3) is 22.5 Å². The lowest BCUT2D eigenvalue weighted by Crippen LogP contribution is -2.48. The van der Waals surface area contributed by atoms with Crippen LogP contribution in [0.2, 0.25) is 0 Å². The van der Waals surface area contributed by atoms with Gasteiger partial charge in [0.15, 0.2) is 0 Å². The molecule has 246 valence electrons. The quantitative estimate of drug-likeness (QED) is 0.149. The Balaban J connectivity index is 1.23. The number of nitrogens with zero attached hydrogens (tertiary/aromatic N) is 3. The number of ether oxygens (including phenoxy) is 1. The van der Waals surface area contributed by atoms with Crippen LogP contribution >= 0.6 is 0 Å². The van der Waals surface area contributed by atoms with Crippen LogP contribution in [0.5, 0.6) is 0 Å². The molecular formula is C35H42N8O4. The van der Waals surface area contributed by atoms with Crippen LogP contribution in [0.15, 0.2) is 72.8 Å². The zero-order valence-electron chi connectivity index (χ0n) is 27.0. The number of benzene rings is 3. The zero-order chi connectivity index (χ0) is 33.4. The molecule has 6 N–H and O–H groups in total. The summed E-state index contributed by atoms with van der Waals surface area (Å²) in [5.41, 5.74) is 10.4. The summed E-state index contributed by atoms with van der Waals surface area (Å²) < 4.78 is 5.34. The lowest BCUT2D eigenvalue weighted by molar-refractivity contribution is -0.130. The lowest BCUT2D eigenvalue weighted by atomic mass is 9.81. The van der Waals surface area contributed by atoms with Crippen molar-refractivity contribution in [2.45, 2.75) is 64.5 Å². The Bertz CT molecular complexity index is 1640. The highest BCUT2D eigenvalue weighted by Gasteiger charge is 2.30. The van der Waals surface area contributed by atoms with E-state index in [-0.39, 0.29) is 23.7 Å². The molecule has 1 heterocycles. The Morgan fingerprint density at radius 3 is 2.26 bits per heavy atom. The van der Waals surface area contributed by atoms with Gasteiger partial charge in [0.05, 0.1) is 0 Å². The molecule has 1 aliphatic rings. The van der Waals surface area contributed by atoms with E-state index in [1.54, 1.807) is 24.3 Å². The van der Waals surface area contributed by atoms with E-state index in [9.17, 15) is 14.4 Å². The summed E-state index contributed by atoms with van der Waals surface area (Å²) in [7, 11) is 0. The van der Waals surface area contributed by atoms with Crippen molar-refractivity contribution in [2.24, 2.45) is 11.8 Å². The van der Waals surface area contributed by atoms with Crippen LogP contribution in [0, 0.1) is 11.8 Å². The number of para-hydroxylation sites is 1. The summed E-state index contributed by atoms with van der Waals surface area (Å²) in [4.78, 5) is 39.2. The van der Waals surface area contributed by atoms with Gasteiger partial charge in [-0.05, 0) is 99.0 Å². The number of hydrogen-bond donors (Lipinski definition) is 5. The van der Waals surface area contributed by atoms with E-state index in [4.69, 9.17) is 10.5 Å². The summed E-state index contributed by atoms with van der Waals surface area (Å²) in [6, 6.07) is 21.8. The number of nitrogens with one attached hydrogen (secondary N) is 4.